The molecule has 1 aromatic rings. The van der Waals surface area contributed by atoms with Gasteiger partial charge in [-0.05, 0) is 12.8 Å². The minimum atomic E-state index is -1.51. The molecule has 3 N–H and O–H groups in total. The zero-order chi connectivity index (χ0) is 15.3. The fourth-order valence-electron chi connectivity index (χ4n) is 1.47. The Kier molecular flexibility index (Phi) is 5.15. The highest BCUT2D eigenvalue weighted by molar-refractivity contribution is 7.15. The molecule has 0 unspecified atom stereocenters. The summed E-state index contributed by atoms with van der Waals surface area (Å²) >= 11 is 0.794. The first-order valence-corrected chi connectivity index (χ1v) is 6.13. The molecule has 9 nitrogen and oxygen atoms in total. The molecule has 1 aromatic heterocycles. The van der Waals surface area contributed by atoms with Crippen molar-refractivity contribution in [3.8, 4) is 0 Å². The lowest BCUT2D eigenvalue weighted by Crippen LogP contribution is -2.12. The van der Waals surface area contributed by atoms with E-state index in [1.807, 2.05) is 0 Å². The minimum Gasteiger partial charge on any atom is -0.481 e. The molecule has 0 amide bonds. The Balaban J connectivity index is 3.04. The number of nitrogens with zero attached hydrogens (tertiary/aromatic N) is 2. The molecule has 10 heteroatoms. The average molecular weight is 302 g/mol. The van der Waals surface area contributed by atoms with E-state index in [1.165, 1.54) is 0 Å². The van der Waals surface area contributed by atoms with Crippen molar-refractivity contribution >= 4 is 34.7 Å². The zero-order valence-corrected chi connectivity index (χ0v) is 10.8. The van der Waals surface area contributed by atoms with Crippen LogP contribution in [0.3, 0.4) is 0 Å². The summed E-state index contributed by atoms with van der Waals surface area (Å²) in [5, 5.41) is 39.4. The fraction of sp³-hybridized carbons (Fsp3) is 0.300. The predicted octanol–water partition coefficient (Wildman–Crippen LogP) is 1.33. The molecule has 0 aliphatic heterocycles. The Hall–Kier alpha value is -2.49. The van der Waals surface area contributed by atoms with Gasteiger partial charge in [0.05, 0.1) is 14.7 Å². The van der Waals surface area contributed by atoms with Crippen LogP contribution in [0.4, 0.5) is 5.69 Å². The summed E-state index contributed by atoms with van der Waals surface area (Å²) in [6.07, 6.45) is 0.171. The summed E-state index contributed by atoms with van der Waals surface area (Å²) in [6.45, 7) is 0. The normalized spacial score (nSPS) is 11.3. The number of oxime groups is 1. The number of carboxylic acid groups (broad SMARTS) is 2. The molecule has 0 aromatic carbocycles. The van der Waals surface area contributed by atoms with E-state index in [1.54, 1.807) is 0 Å². The molecule has 0 bridgehead atoms. The van der Waals surface area contributed by atoms with Crippen molar-refractivity contribution in [2.45, 2.75) is 19.3 Å². The second kappa shape index (κ2) is 6.61. The zero-order valence-electron chi connectivity index (χ0n) is 9.98. The summed E-state index contributed by atoms with van der Waals surface area (Å²) in [4.78, 5) is 31.5. The first-order valence-electron chi connectivity index (χ1n) is 5.31. The van der Waals surface area contributed by atoms with Crippen LogP contribution in [-0.4, -0.2) is 38.0 Å². The van der Waals surface area contributed by atoms with Crippen LogP contribution in [0.5, 0.6) is 0 Å². The second-order valence-corrected chi connectivity index (χ2v) is 4.81. The first-order chi connectivity index (χ1) is 9.36. The maximum Gasteiger partial charge on any atom is 0.359 e. The number of nitro groups is 1. The van der Waals surface area contributed by atoms with Gasteiger partial charge in [0.15, 0.2) is 0 Å². The standard InChI is InChI=1S/C10H10N2O7S/c13-8(14)3-1-2-6-5(12(18)19)4-7(20-6)9(11-17)10(15)16/h4,17H,1-3H2,(H,13,14)(H,15,16). The van der Waals surface area contributed by atoms with E-state index in [9.17, 15) is 19.7 Å². The topological polar surface area (TPSA) is 150 Å². The minimum absolute atomic E-state index is 0.0583. The SMILES string of the molecule is O=C(O)CCCc1sc(C(=NO)C(=O)O)cc1[N+](=O)[O-]. The Labute approximate surface area is 115 Å². The molecule has 0 atom stereocenters. The highest BCUT2D eigenvalue weighted by Crippen LogP contribution is 2.31. The van der Waals surface area contributed by atoms with Crippen molar-refractivity contribution in [3.63, 3.8) is 0 Å². The monoisotopic (exact) mass is 302 g/mol. The van der Waals surface area contributed by atoms with E-state index < -0.39 is 22.6 Å². The van der Waals surface area contributed by atoms with Gasteiger partial charge >= 0.3 is 11.9 Å². The lowest BCUT2D eigenvalue weighted by atomic mass is 10.2. The van der Waals surface area contributed by atoms with Gasteiger partial charge in [-0.1, -0.05) is 5.16 Å². The molecule has 0 saturated carbocycles. The van der Waals surface area contributed by atoms with Crippen LogP contribution in [-0.2, 0) is 16.0 Å². The summed E-state index contributed by atoms with van der Waals surface area (Å²) < 4.78 is 0. The average Bonchev–Trinajstić information content (AvgIpc) is 2.73. The van der Waals surface area contributed by atoms with E-state index >= 15 is 0 Å². The van der Waals surface area contributed by atoms with Gasteiger partial charge in [0.2, 0.25) is 5.71 Å². The van der Waals surface area contributed by atoms with Gasteiger partial charge in [-0.2, -0.15) is 0 Å². The van der Waals surface area contributed by atoms with E-state index in [-0.39, 0.29) is 34.7 Å². The summed E-state index contributed by atoms with van der Waals surface area (Å²) in [6, 6.07) is 1.00. The van der Waals surface area contributed by atoms with Crippen LogP contribution >= 0.6 is 11.3 Å². The molecule has 0 radical (unpaired) electrons. The molecule has 20 heavy (non-hydrogen) atoms. The molecule has 0 aliphatic rings. The Morgan fingerprint density at radius 3 is 2.50 bits per heavy atom. The maximum atomic E-state index is 10.9. The molecule has 1 rings (SSSR count). The predicted molar refractivity (Wildman–Crippen MR) is 67.5 cm³/mol. The second-order valence-electron chi connectivity index (χ2n) is 3.68. The van der Waals surface area contributed by atoms with Gasteiger partial charge in [-0.15, -0.1) is 11.3 Å². The van der Waals surface area contributed by atoms with Crippen molar-refractivity contribution in [1.29, 1.82) is 0 Å². The van der Waals surface area contributed by atoms with E-state index in [0.29, 0.717) is 0 Å². The quantitative estimate of drug-likeness (QED) is 0.297. The Bertz CT molecular complexity index is 578. The van der Waals surface area contributed by atoms with Gasteiger partial charge in [-0.3, -0.25) is 14.9 Å². The number of carbonyl (C=O) groups is 2. The molecule has 0 spiro atoms. The molecule has 0 saturated heterocycles. The molecular weight excluding hydrogens is 292 g/mol. The molecule has 0 fully saturated rings. The number of thiophene rings is 1. The Morgan fingerprint density at radius 1 is 1.40 bits per heavy atom. The van der Waals surface area contributed by atoms with Crippen molar-refractivity contribution in [1.82, 2.24) is 0 Å². The van der Waals surface area contributed by atoms with Crippen LogP contribution in [0, 0.1) is 10.1 Å². The highest BCUT2D eigenvalue weighted by Gasteiger charge is 2.24. The van der Waals surface area contributed by atoms with Crippen LogP contribution < -0.4 is 0 Å². The third-order valence-electron chi connectivity index (χ3n) is 2.31. The molecular formula is C10H10N2O7S. The maximum absolute atomic E-state index is 10.9. The number of aryl methyl sites for hydroxylation is 1. The summed E-state index contributed by atoms with van der Waals surface area (Å²) in [5.74, 6) is -2.53. The number of hydrogen-bond acceptors (Lipinski definition) is 7. The summed E-state index contributed by atoms with van der Waals surface area (Å²) in [7, 11) is 0. The number of hydrogen-bond donors (Lipinski definition) is 3. The molecule has 0 aliphatic carbocycles. The number of carboxylic acids is 2. The van der Waals surface area contributed by atoms with Crippen LogP contribution in [0.15, 0.2) is 11.2 Å². The van der Waals surface area contributed by atoms with Crippen molar-refractivity contribution in [2.24, 2.45) is 5.16 Å². The van der Waals surface area contributed by atoms with Crippen molar-refractivity contribution in [3.05, 3.63) is 25.9 Å². The van der Waals surface area contributed by atoms with Gasteiger partial charge in [0.25, 0.3) is 5.69 Å². The fourth-order valence-corrected chi connectivity index (χ4v) is 2.61. The van der Waals surface area contributed by atoms with E-state index in [2.05, 4.69) is 5.16 Å². The van der Waals surface area contributed by atoms with Gasteiger partial charge in [0.1, 0.15) is 0 Å². The molecule has 108 valence electrons. The summed E-state index contributed by atoms with van der Waals surface area (Å²) in [5.41, 5.74) is -1.000. The first kappa shape index (κ1) is 15.6. The van der Waals surface area contributed by atoms with Crippen molar-refractivity contribution < 1.29 is 29.9 Å². The van der Waals surface area contributed by atoms with Gasteiger partial charge in [0, 0.05) is 12.5 Å². The largest absolute Gasteiger partial charge is 0.481 e. The van der Waals surface area contributed by atoms with Crippen LogP contribution in [0.2, 0.25) is 0 Å². The molecule has 1 heterocycles. The van der Waals surface area contributed by atoms with Gasteiger partial charge < -0.3 is 15.4 Å². The van der Waals surface area contributed by atoms with Crippen LogP contribution in [0.1, 0.15) is 22.6 Å². The lowest BCUT2D eigenvalue weighted by Gasteiger charge is -1.95. The van der Waals surface area contributed by atoms with E-state index in [0.717, 1.165) is 17.4 Å². The number of rotatable bonds is 7. The van der Waals surface area contributed by atoms with E-state index in [4.69, 9.17) is 15.4 Å². The lowest BCUT2D eigenvalue weighted by molar-refractivity contribution is -0.385. The Morgan fingerprint density at radius 2 is 2.05 bits per heavy atom. The number of aliphatic carboxylic acids is 2. The third kappa shape index (κ3) is 3.75. The highest BCUT2D eigenvalue weighted by atomic mass is 32.1. The van der Waals surface area contributed by atoms with Crippen LogP contribution in [0.25, 0.3) is 0 Å². The van der Waals surface area contributed by atoms with Crippen molar-refractivity contribution in [2.75, 3.05) is 0 Å². The smallest absolute Gasteiger partial charge is 0.359 e. The van der Waals surface area contributed by atoms with Gasteiger partial charge in [-0.25, -0.2) is 4.79 Å². The third-order valence-corrected chi connectivity index (χ3v) is 3.50.